The van der Waals surface area contributed by atoms with E-state index in [1.54, 1.807) is 4.90 Å². The average Bonchev–Trinajstić information content (AvgIpc) is 2.79. The van der Waals surface area contributed by atoms with Gasteiger partial charge in [0.25, 0.3) is 5.56 Å². The van der Waals surface area contributed by atoms with Crippen LogP contribution in [0.15, 0.2) is 35.3 Å². The molecule has 2 aromatic rings. The Morgan fingerprint density at radius 2 is 1.50 bits per heavy atom. The van der Waals surface area contributed by atoms with Gasteiger partial charge >= 0.3 is 0 Å². The highest BCUT2D eigenvalue weighted by atomic mass is 16.2. The topological polar surface area (TPSA) is 75.5 Å². The Kier molecular flexibility index (Phi) is 4.63. The second kappa shape index (κ2) is 7.42. The van der Waals surface area contributed by atoms with E-state index in [9.17, 15) is 14.4 Å². The molecule has 0 unspecified atom stereocenters. The van der Waals surface area contributed by atoms with Gasteiger partial charge in [0, 0.05) is 26.2 Å². The minimum absolute atomic E-state index is 0.00475. The van der Waals surface area contributed by atoms with Crippen molar-refractivity contribution >= 4 is 22.8 Å². The molecule has 0 N–H and O–H groups in total. The first kappa shape index (κ1) is 19.9. The number of fused-ring (bicyclic) bond motifs is 1. The lowest BCUT2D eigenvalue weighted by atomic mass is 9.49. The molecule has 7 heteroatoms. The van der Waals surface area contributed by atoms with E-state index in [0.717, 1.165) is 37.0 Å². The monoisotopic (exact) mass is 434 g/mol. The number of nitrogens with zero attached hydrogens (tertiary/aromatic N) is 4. The summed E-state index contributed by atoms with van der Waals surface area (Å²) in [5.74, 6) is 2.52. The van der Waals surface area contributed by atoms with E-state index in [0.29, 0.717) is 43.1 Å². The number of aromatic nitrogens is 2. The van der Waals surface area contributed by atoms with Crippen molar-refractivity contribution < 1.29 is 9.59 Å². The molecule has 5 aliphatic rings. The lowest BCUT2D eigenvalue weighted by Gasteiger charge is -2.57. The zero-order valence-corrected chi connectivity index (χ0v) is 18.4. The van der Waals surface area contributed by atoms with Crippen LogP contribution in [0.1, 0.15) is 38.5 Å². The molecular weight excluding hydrogens is 404 g/mol. The van der Waals surface area contributed by atoms with Gasteiger partial charge in [-0.05, 0) is 68.4 Å². The molecule has 1 saturated heterocycles. The summed E-state index contributed by atoms with van der Waals surface area (Å²) in [6.07, 6.45) is 8.50. The van der Waals surface area contributed by atoms with Crippen molar-refractivity contribution in [2.75, 3.05) is 26.2 Å². The zero-order valence-electron chi connectivity index (χ0n) is 18.4. The zero-order chi connectivity index (χ0) is 21.9. The maximum Gasteiger partial charge on any atom is 0.269 e. The first-order chi connectivity index (χ1) is 15.5. The van der Waals surface area contributed by atoms with Gasteiger partial charge in [0.2, 0.25) is 11.8 Å². The van der Waals surface area contributed by atoms with Crippen molar-refractivity contribution in [3.05, 3.63) is 40.8 Å². The number of carbonyl (C=O) groups is 2. The molecule has 5 fully saturated rings. The molecule has 4 saturated carbocycles. The molecule has 1 aliphatic heterocycles. The van der Waals surface area contributed by atoms with Crippen LogP contribution in [0.3, 0.4) is 0 Å². The van der Waals surface area contributed by atoms with Crippen LogP contribution in [0.5, 0.6) is 0 Å². The first-order valence-electron chi connectivity index (χ1n) is 12.0. The molecule has 4 aliphatic carbocycles. The molecule has 2 amide bonds. The third-order valence-corrected chi connectivity index (χ3v) is 8.46. The van der Waals surface area contributed by atoms with Crippen LogP contribution < -0.4 is 5.56 Å². The van der Waals surface area contributed by atoms with Gasteiger partial charge in [-0.3, -0.25) is 19.0 Å². The van der Waals surface area contributed by atoms with Gasteiger partial charge in [0.05, 0.1) is 22.6 Å². The number of carbonyl (C=O) groups excluding carboxylic acids is 2. The lowest BCUT2D eigenvalue weighted by molar-refractivity contribution is -0.160. The van der Waals surface area contributed by atoms with Gasteiger partial charge in [0.15, 0.2) is 0 Å². The maximum atomic E-state index is 13.6. The second-order valence-corrected chi connectivity index (χ2v) is 10.5. The van der Waals surface area contributed by atoms with Crippen LogP contribution in [0, 0.1) is 23.2 Å². The molecule has 2 heterocycles. The van der Waals surface area contributed by atoms with E-state index in [1.165, 1.54) is 30.0 Å². The van der Waals surface area contributed by atoms with Crippen LogP contribution in [0.2, 0.25) is 0 Å². The standard InChI is InChI=1S/C25H30N4O3/c30-22-15-26-20-3-1-2-4-21(20)29(22)16-23(31)27-5-7-28(8-6-27)24(32)25-12-17-9-18(13-25)11-19(10-17)14-25/h1-4,15,17-19H,5-14,16H2. The molecule has 0 radical (unpaired) electrons. The summed E-state index contributed by atoms with van der Waals surface area (Å²) in [5.41, 5.74) is 0.979. The summed E-state index contributed by atoms with van der Waals surface area (Å²) in [7, 11) is 0. The maximum absolute atomic E-state index is 13.6. The van der Waals surface area contributed by atoms with Crippen LogP contribution in [-0.2, 0) is 16.1 Å². The number of hydrogen-bond donors (Lipinski definition) is 0. The van der Waals surface area contributed by atoms with Gasteiger partial charge < -0.3 is 9.80 Å². The molecule has 32 heavy (non-hydrogen) atoms. The van der Waals surface area contributed by atoms with Crippen molar-refractivity contribution in [3.63, 3.8) is 0 Å². The highest BCUT2D eigenvalue weighted by Gasteiger charge is 2.55. The van der Waals surface area contributed by atoms with Crippen LogP contribution in [0.4, 0.5) is 0 Å². The lowest BCUT2D eigenvalue weighted by Crippen LogP contribution is -2.58. The molecule has 1 aromatic carbocycles. The van der Waals surface area contributed by atoms with Crippen molar-refractivity contribution in [2.45, 2.75) is 45.1 Å². The highest BCUT2D eigenvalue weighted by Crippen LogP contribution is 2.60. The molecule has 4 bridgehead atoms. The molecule has 7 nitrogen and oxygen atoms in total. The van der Waals surface area contributed by atoms with Crippen LogP contribution >= 0.6 is 0 Å². The first-order valence-corrected chi connectivity index (χ1v) is 12.0. The number of hydrogen-bond acceptors (Lipinski definition) is 4. The third-order valence-electron chi connectivity index (χ3n) is 8.46. The van der Waals surface area contributed by atoms with Crippen molar-refractivity contribution in [3.8, 4) is 0 Å². The van der Waals surface area contributed by atoms with Gasteiger partial charge in [-0.1, -0.05) is 12.1 Å². The van der Waals surface area contributed by atoms with E-state index < -0.39 is 0 Å². The second-order valence-electron chi connectivity index (χ2n) is 10.5. The summed E-state index contributed by atoms with van der Waals surface area (Å²) < 4.78 is 1.50. The fraction of sp³-hybridized carbons (Fsp3) is 0.600. The van der Waals surface area contributed by atoms with E-state index >= 15 is 0 Å². The largest absolute Gasteiger partial charge is 0.339 e. The Hall–Kier alpha value is -2.70. The van der Waals surface area contributed by atoms with Crippen molar-refractivity contribution in [1.29, 1.82) is 0 Å². The van der Waals surface area contributed by atoms with Crippen LogP contribution in [0.25, 0.3) is 11.0 Å². The van der Waals surface area contributed by atoms with E-state index in [1.807, 2.05) is 29.2 Å². The summed E-state index contributed by atoms with van der Waals surface area (Å²) in [5, 5.41) is 0. The number of benzene rings is 1. The van der Waals surface area contributed by atoms with E-state index in [4.69, 9.17) is 0 Å². The highest BCUT2D eigenvalue weighted by molar-refractivity contribution is 5.84. The molecule has 0 spiro atoms. The fourth-order valence-electron chi connectivity index (χ4n) is 7.38. The Morgan fingerprint density at radius 3 is 2.16 bits per heavy atom. The molecule has 1 aromatic heterocycles. The molecule has 168 valence electrons. The summed E-state index contributed by atoms with van der Waals surface area (Å²) >= 11 is 0. The minimum Gasteiger partial charge on any atom is -0.339 e. The number of piperazine rings is 1. The predicted octanol–water partition coefficient (Wildman–Crippen LogP) is 2.28. The molecule has 0 atom stereocenters. The molecule has 7 rings (SSSR count). The summed E-state index contributed by atoms with van der Waals surface area (Å²) in [4.78, 5) is 46.9. The van der Waals surface area contributed by atoms with Gasteiger partial charge in [0.1, 0.15) is 6.54 Å². The smallest absolute Gasteiger partial charge is 0.269 e. The average molecular weight is 435 g/mol. The Morgan fingerprint density at radius 1 is 0.906 bits per heavy atom. The van der Waals surface area contributed by atoms with Crippen molar-refractivity contribution in [1.82, 2.24) is 19.4 Å². The van der Waals surface area contributed by atoms with Gasteiger partial charge in [-0.2, -0.15) is 0 Å². The third kappa shape index (κ3) is 3.24. The number of para-hydroxylation sites is 2. The summed E-state index contributed by atoms with van der Waals surface area (Å²) in [6.45, 7) is 2.27. The number of rotatable bonds is 3. The summed E-state index contributed by atoms with van der Waals surface area (Å²) in [6, 6.07) is 7.37. The van der Waals surface area contributed by atoms with Crippen molar-refractivity contribution in [2.24, 2.45) is 23.2 Å². The van der Waals surface area contributed by atoms with Gasteiger partial charge in [-0.15, -0.1) is 0 Å². The fourth-order valence-corrected chi connectivity index (χ4v) is 7.38. The SMILES string of the molecule is O=C(Cn1c(=O)cnc2ccccc21)N1CCN(C(=O)C23CC4CC(CC(C4)C2)C3)CC1. The number of amides is 2. The normalized spacial score (nSPS) is 31.3. The van der Waals surface area contributed by atoms with E-state index in [-0.39, 0.29) is 23.4 Å². The molecular formula is C25H30N4O3. The Balaban J connectivity index is 1.12. The Bertz CT molecular complexity index is 1100. The van der Waals surface area contributed by atoms with Crippen LogP contribution in [-0.4, -0.2) is 57.3 Å². The quantitative estimate of drug-likeness (QED) is 0.743. The minimum atomic E-state index is -0.271. The van der Waals surface area contributed by atoms with E-state index in [2.05, 4.69) is 4.98 Å². The predicted molar refractivity (Wildman–Crippen MR) is 120 cm³/mol. The Labute approximate surface area is 187 Å². The van der Waals surface area contributed by atoms with Gasteiger partial charge in [-0.25, -0.2) is 4.98 Å².